The van der Waals surface area contributed by atoms with Crippen LogP contribution < -0.4 is 11.1 Å². The second-order valence-corrected chi connectivity index (χ2v) is 5.87. The molecular weight excluding hydrogens is 333 g/mol. The summed E-state index contributed by atoms with van der Waals surface area (Å²) in [5, 5.41) is 7.41. The smallest absolute Gasteiger partial charge is 0.166 e. The highest BCUT2D eigenvalue weighted by molar-refractivity contribution is 5.84. The Morgan fingerprint density at radius 2 is 2.08 bits per heavy atom. The van der Waals surface area contributed by atoms with E-state index in [9.17, 15) is 4.39 Å². The third-order valence-electron chi connectivity index (χ3n) is 4.06. The Balaban J connectivity index is 1.62. The number of hydrogen-bond donors (Lipinski definition) is 2. The standard InChI is InChI=1S/C18H16FN7/c1-11-3-4-12(7-13(11)19)9-22-15-8-14(23-10-24-15)16-17(20)25-26-6-2-5-21-18(16)26/h2-8,10H,9H2,1H3,(H2,20,25)(H,22,23,24). The Kier molecular flexibility index (Phi) is 3.92. The van der Waals surface area contributed by atoms with Crippen LogP contribution in [0.2, 0.25) is 0 Å². The van der Waals surface area contributed by atoms with Crippen molar-refractivity contribution >= 4 is 17.3 Å². The molecule has 3 N–H and O–H groups in total. The zero-order valence-corrected chi connectivity index (χ0v) is 14.0. The number of rotatable bonds is 4. The molecule has 1 aromatic carbocycles. The van der Waals surface area contributed by atoms with Crippen LogP contribution in [0, 0.1) is 12.7 Å². The number of benzene rings is 1. The molecule has 0 aliphatic rings. The number of nitrogens with zero attached hydrogens (tertiary/aromatic N) is 5. The van der Waals surface area contributed by atoms with Gasteiger partial charge in [0.25, 0.3) is 0 Å². The van der Waals surface area contributed by atoms with Gasteiger partial charge in [0.1, 0.15) is 18.0 Å². The highest BCUT2D eigenvalue weighted by atomic mass is 19.1. The van der Waals surface area contributed by atoms with E-state index in [1.807, 2.05) is 6.07 Å². The lowest BCUT2D eigenvalue weighted by Crippen LogP contribution is -2.03. The summed E-state index contributed by atoms with van der Waals surface area (Å²) in [6, 6.07) is 8.69. The van der Waals surface area contributed by atoms with Gasteiger partial charge in [-0.15, -0.1) is 5.10 Å². The zero-order chi connectivity index (χ0) is 18.1. The van der Waals surface area contributed by atoms with Gasteiger partial charge in [0.15, 0.2) is 11.5 Å². The second-order valence-electron chi connectivity index (χ2n) is 5.87. The molecule has 0 bridgehead atoms. The normalized spacial score (nSPS) is 11.0. The van der Waals surface area contributed by atoms with E-state index in [1.54, 1.807) is 42.0 Å². The van der Waals surface area contributed by atoms with Gasteiger partial charge in [-0.3, -0.25) is 0 Å². The number of halogens is 1. The van der Waals surface area contributed by atoms with E-state index in [1.165, 1.54) is 12.4 Å². The van der Waals surface area contributed by atoms with E-state index >= 15 is 0 Å². The number of nitrogens with one attached hydrogen (secondary N) is 1. The second kappa shape index (κ2) is 6.40. The molecule has 4 rings (SSSR count). The summed E-state index contributed by atoms with van der Waals surface area (Å²) < 4.78 is 15.3. The number of nitrogen functional groups attached to an aromatic ring is 1. The van der Waals surface area contributed by atoms with Crippen LogP contribution >= 0.6 is 0 Å². The molecule has 3 heterocycles. The maximum atomic E-state index is 13.7. The zero-order valence-electron chi connectivity index (χ0n) is 14.0. The molecule has 0 fully saturated rings. The Labute approximate surface area is 148 Å². The van der Waals surface area contributed by atoms with Gasteiger partial charge in [0, 0.05) is 25.0 Å². The lowest BCUT2D eigenvalue weighted by Gasteiger charge is -2.08. The van der Waals surface area contributed by atoms with Crippen molar-refractivity contribution in [2.75, 3.05) is 11.1 Å². The fraction of sp³-hybridized carbons (Fsp3) is 0.111. The van der Waals surface area contributed by atoms with Gasteiger partial charge in [0.05, 0.1) is 11.3 Å². The number of nitrogens with two attached hydrogens (primary N) is 1. The predicted octanol–water partition coefficient (Wildman–Crippen LogP) is 2.83. The van der Waals surface area contributed by atoms with Gasteiger partial charge in [-0.1, -0.05) is 12.1 Å². The molecule has 4 aromatic rings. The van der Waals surface area contributed by atoms with Crippen molar-refractivity contribution in [2.24, 2.45) is 0 Å². The summed E-state index contributed by atoms with van der Waals surface area (Å²) in [5.41, 5.74) is 9.37. The third-order valence-corrected chi connectivity index (χ3v) is 4.06. The highest BCUT2D eigenvalue weighted by Crippen LogP contribution is 2.28. The summed E-state index contributed by atoms with van der Waals surface area (Å²) >= 11 is 0. The van der Waals surface area contributed by atoms with E-state index in [4.69, 9.17) is 5.73 Å². The van der Waals surface area contributed by atoms with Crippen molar-refractivity contribution in [2.45, 2.75) is 13.5 Å². The van der Waals surface area contributed by atoms with Gasteiger partial charge in [-0.2, -0.15) is 0 Å². The number of fused-ring (bicyclic) bond motifs is 1. The largest absolute Gasteiger partial charge is 0.382 e. The lowest BCUT2D eigenvalue weighted by atomic mass is 10.1. The Morgan fingerprint density at radius 1 is 1.19 bits per heavy atom. The summed E-state index contributed by atoms with van der Waals surface area (Å²) in [5.74, 6) is 0.720. The van der Waals surface area contributed by atoms with Gasteiger partial charge in [0.2, 0.25) is 0 Å². The molecular formula is C18H16FN7. The SMILES string of the molecule is Cc1ccc(CNc2cc(-c3c(N)nn4cccnc34)ncn2)cc1F. The van der Waals surface area contributed by atoms with Crippen molar-refractivity contribution in [3.05, 3.63) is 66.0 Å². The summed E-state index contributed by atoms with van der Waals surface area (Å²) in [7, 11) is 0. The minimum absolute atomic E-state index is 0.224. The molecule has 0 atom stereocenters. The third kappa shape index (κ3) is 2.92. The molecule has 0 spiro atoms. The first kappa shape index (κ1) is 15.9. The van der Waals surface area contributed by atoms with E-state index in [2.05, 4.69) is 25.4 Å². The van der Waals surface area contributed by atoms with Gasteiger partial charge >= 0.3 is 0 Å². The monoisotopic (exact) mass is 349 g/mol. The maximum Gasteiger partial charge on any atom is 0.166 e. The molecule has 0 saturated heterocycles. The number of anilines is 2. The topological polar surface area (TPSA) is 94.0 Å². The van der Waals surface area contributed by atoms with Crippen LogP contribution in [-0.2, 0) is 6.54 Å². The molecule has 0 amide bonds. The van der Waals surface area contributed by atoms with Crippen LogP contribution in [0.25, 0.3) is 16.9 Å². The Morgan fingerprint density at radius 3 is 2.92 bits per heavy atom. The maximum absolute atomic E-state index is 13.7. The lowest BCUT2D eigenvalue weighted by molar-refractivity contribution is 0.616. The fourth-order valence-electron chi connectivity index (χ4n) is 2.68. The average Bonchev–Trinajstić information content (AvgIpc) is 2.98. The summed E-state index contributed by atoms with van der Waals surface area (Å²) in [4.78, 5) is 12.8. The van der Waals surface area contributed by atoms with Crippen LogP contribution in [0.5, 0.6) is 0 Å². The molecule has 7 nitrogen and oxygen atoms in total. The van der Waals surface area contributed by atoms with Crippen molar-refractivity contribution in [1.82, 2.24) is 24.6 Å². The number of aryl methyl sites for hydroxylation is 1. The minimum Gasteiger partial charge on any atom is -0.382 e. The van der Waals surface area contributed by atoms with E-state index in [0.717, 1.165) is 5.56 Å². The highest BCUT2D eigenvalue weighted by Gasteiger charge is 2.15. The molecule has 130 valence electrons. The van der Waals surface area contributed by atoms with E-state index in [0.29, 0.717) is 40.6 Å². The Hall–Kier alpha value is -3.55. The van der Waals surface area contributed by atoms with Crippen molar-refractivity contribution < 1.29 is 4.39 Å². The van der Waals surface area contributed by atoms with Crippen LogP contribution in [-0.4, -0.2) is 24.6 Å². The van der Waals surface area contributed by atoms with E-state index < -0.39 is 0 Å². The molecule has 0 saturated carbocycles. The summed E-state index contributed by atoms with van der Waals surface area (Å²) in [6.07, 6.45) is 4.89. The fourth-order valence-corrected chi connectivity index (χ4v) is 2.68. The van der Waals surface area contributed by atoms with Crippen LogP contribution in [0.15, 0.2) is 49.1 Å². The first-order chi connectivity index (χ1) is 12.6. The summed E-state index contributed by atoms with van der Waals surface area (Å²) in [6.45, 7) is 2.17. The van der Waals surface area contributed by atoms with Gasteiger partial charge in [-0.25, -0.2) is 23.9 Å². The number of aromatic nitrogens is 5. The van der Waals surface area contributed by atoms with Crippen LogP contribution in [0.3, 0.4) is 0 Å². The quantitative estimate of drug-likeness (QED) is 0.588. The van der Waals surface area contributed by atoms with Crippen LogP contribution in [0.1, 0.15) is 11.1 Å². The first-order valence-electron chi connectivity index (χ1n) is 8.02. The minimum atomic E-state index is -0.224. The van der Waals surface area contributed by atoms with Crippen molar-refractivity contribution in [1.29, 1.82) is 0 Å². The van der Waals surface area contributed by atoms with E-state index in [-0.39, 0.29) is 5.82 Å². The molecule has 8 heteroatoms. The predicted molar refractivity (Wildman–Crippen MR) is 96.9 cm³/mol. The molecule has 0 radical (unpaired) electrons. The van der Waals surface area contributed by atoms with Crippen LogP contribution in [0.4, 0.5) is 16.0 Å². The molecule has 0 aliphatic heterocycles. The first-order valence-corrected chi connectivity index (χ1v) is 8.02. The molecule has 3 aromatic heterocycles. The average molecular weight is 349 g/mol. The molecule has 26 heavy (non-hydrogen) atoms. The molecule has 0 aliphatic carbocycles. The Bertz CT molecular complexity index is 1090. The van der Waals surface area contributed by atoms with Crippen molar-refractivity contribution in [3.8, 4) is 11.3 Å². The van der Waals surface area contributed by atoms with Gasteiger partial charge < -0.3 is 11.1 Å². The molecule has 0 unspecified atom stereocenters. The van der Waals surface area contributed by atoms with Gasteiger partial charge in [-0.05, 0) is 30.2 Å². The van der Waals surface area contributed by atoms with Crippen molar-refractivity contribution in [3.63, 3.8) is 0 Å². The number of hydrogen-bond acceptors (Lipinski definition) is 6.